The van der Waals surface area contributed by atoms with Gasteiger partial charge in [-0.2, -0.15) is 0 Å². The number of hydrogen-bond donors (Lipinski definition) is 1. The van der Waals surface area contributed by atoms with Crippen LogP contribution in [0.25, 0.3) is 5.76 Å². The second-order valence-electron chi connectivity index (χ2n) is 8.01. The molecule has 9 nitrogen and oxygen atoms in total. The van der Waals surface area contributed by atoms with E-state index in [1.54, 1.807) is 55.5 Å². The number of Topliss-reactive ketones (excluding diaryl/α,β-unsaturated/α-hetero) is 1. The normalized spacial score (nSPS) is 16.6. The number of ether oxygens (including phenoxy) is 3. The quantitative estimate of drug-likeness (QED) is 0.197. The molecule has 0 aliphatic carbocycles. The number of aliphatic hydroxyl groups is 1. The standard InChI is InChI=1S/C27H26N2O7S/c1-5-35-18-13-12-17(14-19(18)36-6-2)21-20(22(30)16-10-8-7-9-11-16)23(31)25(32)29(21)27-28-15(3)24(37-27)26(33)34-4/h7-14,21,30H,5-6H2,1-4H3. The molecule has 192 valence electrons. The first kappa shape index (κ1) is 25.9. The average Bonchev–Trinajstić information content (AvgIpc) is 3.41. The van der Waals surface area contributed by atoms with E-state index >= 15 is 0 Å². The lowest BCUT2D eigenvalue weighted by Crippen LogP contribution is -2.29. The van der Waals surface area contributed by atoms with Crippen molar-refractivity contribution in [2.75, 3.05) is 25.2 Å². The Hall–Kier alpha value is -4.18. The zero-order chi connectivity index (χ0) is 26.7. The number of benzene rings is 2. The monoisotopic (exact) mass is 522 g/mol. The van der Waals surface area contributed by atoms with Gasteiger partial charge in [0.15, 0.2) is 16.6 Å². The number of carbonyl (C=O) groups excluding carboxylic acids is 3. The van der Waals surface area contributed by atoms with Gasteiger partial charge in [-0.05, 0) is 38.5 Å². The van der Waals surface area contributed by atoms with Crippen molar-refractivity contribution in [1.82, 2.24) is 4.98 Å². The van der Waals surface area contributed by atoms with E-state index in [9.17, 15) is 19.5 Å². The summed E-state index contributed by atoms with van der Waals surface area (Å²) in [6, 6.07) is 12.5. The minimum Gasteiger partial charge on any atom is -0.507 e. The molecule has 37 heavy (non-hydrogen) atoms. The van der Waals surface area contributed by atoms with Crippen molar-refractivity contribution in [3.63, 3.8) is 0 Å². The van der Waals surface area contributed by atoms with Gasteiger partial charge in [0.05, 0.1) is 37.6 Å². The molecule has 3 aromatic rings. The fraction of sp³-hybridized carbons (Fsp3) is 0.259. The fourth-order valence-electron chi connectivity index (χ4n) is 4.10. The summed E-state index contributed by atoms with van der Waals surface area (Å²) in [5, 5.41) is 11.4. The summed E-state index contributed by atoms with van der Waals surface area (Å²) < 4.78 is 16.3. The largest absolute Gasteiger partial charge is 0.507 e. The van der Waals surface area contributed by atoms with Gasteiger partial charge in [-0.1, -0.05) is 47.7 Å². The number of aromatic nitrogens is 1. The van der Waals surface area contributed by atoms with Crippen LogP contribution in [0.15, 0.2) is 54.1 Å². The number of hydrogen-bond acceptors (Lipinski definition) is 9. The summed E-state index contributed by atoms with van der Waals surface area (Å²) in [6.45, 7) is 6.08. The number of anilines is 1. The Morgan fingerprint density at radius 3 is 2.38 bits per heavy atom. The Balaban J connectivity index is 1.95. The summed E-state index contributed by atoms with van der Waals surface area (Å²) in [5.41, 5.74) is 1.13. The van der Waals surface area contributed by atoms with Gasteiger partial charge in [0.1, 0.15) is 10.6 Å². The third-order valence-corrected chi connectivity index (χ3v) is 6.87. The molecule has 0 saturated carbocycles. The predicted molar refractivity (Wildman–Crippen MR) is 138 cm³/mol. The molecular formula is C27H26N2O7S. The molecule has 1 saturated heterocycles. The number of methoxy groups -OCH3 is 1. The third-order valence-electron chi connectivity index (χ3n) is 5.74. The Morgan fingerprint density at radius 2 is 1.73 bits per heavy atom. The van der Waals surface area contributed by atoms with Crippen LogP contribution in [-0.4, -0.2) is 48.1 Å². The van der Waals surface area contributed by atoms with Gasteiger partial charge < -0.3 is 19.3 Å². The Morgan fingerprint density at radius 1 is 1.05 bits per heavy atom. The number of ketones is 1. The fourth-order valence-corrected chi connectivity index (χ4v) is 5.11. The molecule has 0 bridgehead atoms. The smallest absolute Gasteiger partial charge is 0.350 e. The van der Waals surface area contributed by atoms with Crippen molar-refractivity contribution in [3.8, 4) is 11.5 Å². The minimum atomic E-state index is -1.04. The molecule has 1 aromatic heterocycles. The molecule has 2 aromatic carbocycles. The lowest BCUT2D eigenvalue weighted by atomic mass is 9.95. The van der Waals surface area contributed by atoms with Gasteiger partial charge in [-0.25, -0.2) is 9.78 Å². The first-order valence-corrected chi connectivity index (χ1v) is 12.5. The van der Waals surface area contributed by atoms with Crippen LogP contribution in [0.5, 0.6) is 11.5 Å². The highest BCUT2D eigenvalue weighted by atomic mass is 32.1. The molecule has 10 heteroatoms. The third kappa shape index (κ3) is 4.79. The summed E-state index contributed by atoms with van der Waals surface area (Å²) in [5.74, 6) is -1.73. The van der Waals surface area contributed by atoms with Gasteiger partial charge in [0, 0.05) is 5.56 Å². The van der Waals surface area contributed by atoms with Crippen LogP contribution in [0.1, 0.15) is 46.4 Å². The Labute approximate surface area is 217 Å². The van der Waals surface area contributed by atoms with Gasteiger partial charge in [-0.3, -0.25) is 14.5 Å². The van der Waals surface area contributed by atoms with Crippen molar-refractivity contribution >= 4 is 39.9 Å². The molecule has 1 aliphatic rings. The van der Waals surface area contributed by atoms with Crippen LogP contribution in [0.2, 0.25) is 0 Å². The number of carbonyl (C=O) groups is 3. The first-order chi connectivity index (χ1) is 17.8. The van der Waals surface area contributed by atoms with E-state index in [1.807, 2.05) is 13.8 Å². The molecule has 0 radical (unpaired) electrons. The second kappa shape index (κ2) is 10.8. The molecule has 1 fully saturated rings. The lowest BCUT2D eigenvalue weighted by Gasteiger charge is -2.24. The number of rotatable bonds is 8. The Kier molecular flexibility index (Phi) is 7.58. The topological polar surface area (TPSA) is 115 Å². The molecule has 1 unspecified atom stereocenters. The van der Waals surface area contributed by atoms with Crippen molar-refractivity contribution in [2.45, 2.75) is 26.8 Å². The number of esters is 1. The minimum absolute atomic E-state index is 0.102. The highest BCUT2D eigenvalue weighted by molar-refractivity contribution is 7.17. The summed E-state index contributed by atoms with van der Waals surface area (Å²) in [4.78, 5) is 44.8. The highest BCUT2D eigenvalue weighted by Gasteiger charge is 2.48. The van der Waals surface area contributed by atoms with Crippen molar-refractivity contribution in [2.24, 2.45) is 0 Å². The number of amides is 1. The predicted octanol–water partition coefficient (Wildman–Crippen LogP) is 4.66. The molecule has 2 heterocycles. The lowest BCUT2D eigenvalue weighted by molar-refractivity contribution is -0.132. The van der Waals surface area contributed by atoms with E-state index < -0.39 is 23.7 Å². The average molecular weight is 523 g/mol. The Bertz CT molecular complexity index is 1380. The molecule has 0 spiro atoms. The van der Waals surface area contributed by atoms with Crippen LogP contribution in [0.4, 0.5) is 5.13 Å². The first-order valence-electron chi connectivity index (χ1n) is 11.6. The second-order valence-corrected chi connectivity index (χ2v) is 8.99. The zero-order valence-corrected chi connectivity index (χ0v) is 21.6. The van der Waals surface area contributed by atoms with Gasteiger partial charge in [-0.15, -0.1) is 0 Å². The molecule has 1 amide bonds. The van der Waals surface area contributed by atoms with Gasteiger partial charge >= 0.3 is 11.9 Å². The van der Waals surface area contributed by atoms with Crippen molar-refractivity contribution in [3.05, 3.63) is 75.8 Å². The zero-order valence-electron chi connectivity index (χ0n) is 20.8. The van der Waals surface area contributed by atoms with Crippen LogP contribution in [0.3, 0.4) is 0 Å². The number of nitrogens with zero attached hydrogens (tertiary/aromatic N) is 2. The number of thiazole rings is 1. The maximum Gasteiger partial charge on any atom is 0.350 e. The molecule has 1 aliphatic heterocycles. The van der Waals surface area contributed by atoms with E-state index in [-0.39, 0.29) is 21.3 Å². The maximum absolute atomic E-state index is 13.4. The van der Waals surface area contributed by atoms with E-state index in [0.29, 0.717) is 41.5 Å². The van der Waals surface area contributed by atoms with Crippen molar-refractivity contribution in [1.29, 1.82) is 0 Å². The van der Waals surface area contributed by atoms with Crippen LogP contribution < -0.4 is 14.4 Å². The van der Waals surface area contributed by atoms with Gasteiger partial charge in [0.2, 0.25) is 0 Å². The van der Waals surface area contributed by atoms with Crippen LogP contribution in [-0.2, 0) is 14.3 Å². The highest BCUT2D eigenvalue weighted by Crippen LogP contribution is 2.45. The number of aliphatic hydroxyl groups excluding tert-OH is 1. The van der Waals surface area contributed by atoms with E-state index in [4.69, 9.17) is 14.2 Å². The molecule has 4 rings (SSSR count). The van der Waals surface area contributed by atoms with Crippen LogP contribution in [0, 0.1) is 6.92 Å². The summed E-state index contributed by atoms with van der Waals surface area (Å²) in [7, 11) is 1.25. The van der Waals surface area contributed by atoms with E-state index in [2.05, 4.69) is 4.98 Å². The van der Waals surface area contributed by atoms with E-state index in [1.165, 1.54) is 12.0 Å². The van der Waals surface area contributed by atoms with E-state index in [0.717, 1.165) is 11.3 Å². The van der Waals surface area contributed by atoms with Crippen molar-refractivity contribution < 1.29 is 33.7 Å². The molecule has 1 N–H and O–H groups in total. The van der Waals surface area contributed by atoms with Crippen LogP contribution >= 0.6 is 11.3 Å². The summed E-state index contributed by atoms with van der Waals surface area (Å²) in [6.07, 6.45) is 0. The maximum atomic E-state index is 13.4. The molecule has 1 atom stereocenters. The molecular weight excluding hydrogens is 496 g/mol. The summed E-state index contributed by atoms with van der Waals surface area (Å²) >= 11 is 0.936. The van der Waals surface area contributed by atoms with Gasteiger partial charge in [0.25, 0.3) is 5.78 Å². The number of aryl methyl sites for hydroxylation is 1. The SMILES string of the molecule is CCOc1ccc(C2C(=C(O)c3ccccc3)C(=O)C(=O)N2c2nc(C)c(C(=O)OC)s2)cc1OCC.